The highest BCUT2D eigenvalue weighted by atomic mass is 35.5. The van der Waals surface area contributed by atoms with Crippen molar-refractivity contribution in [3.05, 3.63) is 41.0 Å². The average molecular weight is 432 g/mol. The summed E-state index contributed by atoms with van der Waals surface area (Å²) < 4.78 is 0. The van der Waals surface area contributed by atoms with Crippen LogP contribution in [0.5, 0.6) is 0 Å². The van der Waals surface area contributed by atoms with Gasteiger partial charge in [0.05, 0.1) is 5.75 Å². The Kier molecular flexibility index (Phi) is 6.45. The first-order valence-corrected chi connectivity index (χ1v) is 11.5. The molecule has 2 saturated heterocycles. The van der Waals surface area contributed by atoms with Crippen LogP contribution in [0.15, 0.2) is 35.5 Å². The Hall–Kier alpha value is -1.99. The molecule has 2 aromatic rings. The topological polar surface area (TPSA) is 52.6 Å². The number of nitrogens with zero attached hydrogens (tertiary/aromatic N) is 5. The normalized spacial score (nSPS) is 17.1. The van der Waals surface area contributed by atoms with E-state index >= 15 is 0 Å². The van der Waals surface area contributed by atoms with Gasteiger partial charge in [-0.1, -0.05) is 41.6 Å². The van der Waals surface area contributed by atoms with Crippen molar-refractivity contribution >= 4 is 40.8 Å². The molecule has 3 heterocycles. The maximum absolute atomic E-state index is 12.3. The van der Waals surface area contributed by atoms with Crippen LogP contribution in [0.3, 0.4) is 0 Å². The molecular formula is C21H26ClN5OS. The summed E-state index contributed by atoms with van der Waals surface area (Å²) in [5, 5.41) is 0.994. The molecule has 29 heavy (non-hydrogen) atoms. The van der Waals surface area contributed by atoms with Crippen molar-refractivity contribution in [2.24, 2.45) is 0 Å². The maximum atomic E-state index is 12.3. The van der Waals surface area contributed by atoms with E-state index in [4.69, 9.17) is 11.6 Å². The van der Waals surface area contributed by atoms with Gasteiger partial charge in [0.1, 0.15) is 11.0 Å². The summed E-state index contributed by atoms with van der Waals surface area (Å²) >= 11 is 7.63. The molecule has 154 valence electrons. The van der Waals surface area contributed by atoms with Crippen LogP contribution >= 0.6 is 23.4 Å². The highest BCUT2D eigenvalue weighted by Crippen LogP contribution is 2.26. The van der Waals surface area contributed by atoms with Crippen LogP contribution in [0.2, 0.25) is 5.15 Å². The fraction of sp³-hybridized carbons (Fsp3) is 0.476. The van der Waals surface area contributed by atoms with Crippen LogP contribution in [0.1, 0.15) is 18.4 Å². The number of carbonyl (C=O) groups excluding carboxylic acids is 1. The predicted molar refractivity (Wildman–Crippen MR) is 119 cm³/mol. The second-order valence-electron chi connectivity index (χ2n) is 7.47. The van der Waals surface area contributed by atoms with Gasteiger partial charge in [0.25, 0.3) is 0 Å². The summed E-state index contributed by atoms with van der Waals surface area (Å²) in [4.78, 5) is 27.9. The number of rotatable bonds is 5. The Morgan fingerprint density at radius 2 is 1.72 bits per heavy atom. The second kappa shape index (κ2) is 9.22. The Morgan fingerprint density at radius 1 is 1.03 bits per heavy atom. The van der Waals surface area contributed by atoms with E-state index in [1.807, 2.05) is 11.0 Å². The average Bonchev–Trinajstić information content (AvgIpc) is 3.27. The maximum Gasteiger partial charge on any atom is 0.233 e. The molecule has 2 aliphatic rings. The monoisotopic (exact) mass is 431 g/mol. The minimum atomic E-state index is 0.157. The van der Waals surface area contributed by atoms with Crippen LogP contribution in [0.25, 0.3) is 0 Å². The number of carbonyl (C=O) groups is 1. The van der Waals surface area contributed by atoms with E-state index in [2.05, 4.69) is 51.0 Å². The molecule has 0 aliphatic carbocycles. The van der Waals surface area contributed by atoms with Gasteiger partial charge in [0.15, 0.2) is 5.16 Å². The van der Waals surface area contributed by atoms with E-state index in [0.29, 0.717) is 16.1 Å². The van der Waals surface area contributed by atoms with Gasteiger partial charge in [-0.2, -0.15) is 0 Å². The molecule has 8 heteroatoms. The summed E-state index contributed by atoms with van der Waals surface area (Å²) in [6.07, 6.45) is 2.20. The quantitative estimate of drug-likeness (QED) is 0.410. The number of amides is 1. The van der Waals surface area contributed by atoms with Crippen molar-refractivity contribution in [3.63, 3.8) is 0 Å². The molecule has 2 fully saturated rings. The molecule has 4 rings (SSSR count). The van der Waals surface area contributed by atoms with E-state index in [1.165, 1.54) is 23.0 Å². The number of benzene rings is 1. The van der Waals surface area contributed by atoms with Gasteiger partial charge < -0.3 is 14.7 Å². The number of para-hydroxylation sites is 1. The smallest absolute Gasteiger partial charge is 0.233 e. The van der Waals surface area contributed by atoms with E-state index in [1.54, 1.807) is 0 Å². The van der Waals surface area contributed by atoms with Gasteiger partial charge in [-0.3, -0.25) is 4.79 Å². The van der Waals surface area contributed by atoms with E-state index in [9.17, 15) is 4.79 Å². The van der Waals surface area contributed by atoms with Crippen molar-refractivity contribution < 1.29 is 4.79 Å². The summed E-state index contributed by atoms with van der Waals surface area (Å²) in [6, 6.07) is 10.3. The van der Waals surface area contributed by atoms with Gasteiger partial charge in [-0.05, 0) is 31.4 Å². The predicted octanol–water partition coefficient (Wildman–Crippen LogP) is 3.48. The van der Waals surface area contributed by atoms with Gasteiger partial charge in [-0.15, -0.1) is 0 Å². The lowest BCUT2D eigenvalue weighted by molar-refractivity contribution is -0.127. The minimum absolute atomic E-state index is 0.157. The molecule has 0 bridgehead atoms. The summed E-state index contributed by atoms with van der Waals surface area (Å²) in [6.45, 7) is 7.50. The first-order chi connectivity index (χ1) is 14.1. The molecule has 1 aromatic carbocycles. The number of aryl methyl sites for hydroxylation is 1. The number of hydrogen-bond acceptors (Lipinski definition) is 6. The van der Waals surface area contributed by atoms with Gasteiger partial charge >= 0.3 is 0 Å². The number of halogens is 1. The first-order valence-electron chi connectivity index (χ1n) is 10.1. The Labute approximate surface area is 181 Å². The number of hydrogen-bond donors (Lipinski definition) is 0. The first kappa shape index (κ1) is 20.3. The number of piperazine rings is 1. The zero-order valence-corrected chi connectivity index (χ0v) is 18.3. The fourth-order valence-corrected chi connectivity index (χ4v) is 4.87. The SMILES string of the molecule is Cc1ccccc1N1CCN(c2cc(Cl)nc(SCC(=O)N3CCCC3)n2)CC1. The van der Waals surface area contributed by atoms with E-state index < -0.39 is 0 Å². The highest BCUT2D eigenvalue weighted by molar-refractivity contribution is 7.99. The molecule has 1 aromatic heterocycles. The molecule has 0 unspecified atom stereocenters. The molecule has 1 amide bonds. The van der Waals surface area contributed by atoms with Crippen molar-refractivity contribution in [1.29, 1.82) is 0 Å². The molecule has 6 nitrogen and oxygen atoms in total. The molecule has 0 radical (unpaired) electrons. The lowest BCUT2D eigenvalue weighted by atomic mass is 10.1. The number of thioether (sulfide) groups is 1. The lowest BCUT2D eigenvalue weighted by Crippen LogP contribution is -2.47. The Balaban J connectivity index is 1.38. The summed E-state index contributed by atoms with van der Waals surface area (Å²) in [7, 11) is 0. The summed E-state index contributed by atoms with van der Waals surface area (Å²) in [5.41, 5.74) is 2.59. The molecule has 0 N–H and O–H groups in total. The second-order valence-corrected chi connectivity index (χ2v) is 8.80. The van der Waals surface area contributed by atoms with Crippen LogP contribution in [0.4, 0.5) is 11.5 Å². The lowest BCUT2D eigenvalue weighted by Gasteiger charge is -2.37. The Morgan fingerprint density at radius 3 is 2.45 bits per heavy atom. The van der Waals surface area contributed by atoms with Crippen molar-refractivity contribution in [2.45, 2.75) is 24.9 Å². The zero-order chi connectivity index (χ0) is 20.2. The van der Waals surface area contributed by atoms with E-state index in [-0.39, 0.29) is 5.91 Å². The third-order valence-electron chi connectivity index (χ3n) is 5.50. The largest absolute Gasteiger partial charge is 0.368 e. The van der Waals surface area contributed by atoms with Crippen LogP contribution in [0, 0.1) is 6.92 Å². The van der Waals surface area contributed by atoms with Gasteiger partial charge in [0.2, 0.25) is 5.91 Å². The number of likely N-dealkylation sites (tertiary alicyclic amines) is 1. The third-order valence-corrected chi connectivity index (χ3v) is 6.53. The molecule has 0 spiro atoms. The van der Waals surface area contributed by atoms with Crippen LogP contribution in [-0.4, -0.2) is 65.8 Å². The summed E-state index contributed by atoms with van der Waals surface area (Å²) in [5.74, 6) is 1.36. The fourth-order valence-electron chi connectivity index (χ4n) is 3.89. The van der Waals surface area contributed by atoms with Crippen LogP contribution in [-0.2, 0) is 4.79 Å². The number of aromatic nitrogens is 2. The molecular weight excluding hydrogens is 406 g/mol. The molecule has 0 saturated carbocycles. The van der Waals surface area contributed by atoms with Gasteiger partial charge in [0, 0.05) is 51.0 Å². The zero-order valence-electron chi connectivity index (χ0n) is 16.7. The minimum Gasteiger partial charge on any atom is -0.368 e. The highest BCUT2D eigenvalue weighted by Gasteiger charge is 2.22. The Bertz CT molecular complexity index is 866. The van der Waals surface area contributed by atoms with Crippen molar-refractivity contribution in [2.75, 3.05) is 54.8 Å². The van der Waals surface area contributed by atoms with Crippen molar-refractivity contribution in [1.82, 2.24) is 14.9 Å². The molecule has 0 atom stereocenters. The van der Waals surface area contributed by atoms with Crippen molar-refractivity contribution in [3.8, 4) is 0 Å². The van der Waals surface area contributed by atoms with E-state index in [0.717, 1.165) is 57.9 Å². The van der Waals surface area contributed by atoms with Gasteiger partial charge in [-0.25, -0.2) is 9.97 Å². The molecule has 2 aliphatic heterocycles. The number of anilines is 2. The third kappa shape index (κ3) is 4.95. The standard InChI is InChI=1S/C21H26ClN5OS/c1-16-6-2-3-7-17(16)25-10-12-26(13-11-25)19-14-18(22)23-21(24-19)29-15-20(28)27-8-4-5-9-27/h2-3,6-7,14H,4-5,8-13,15H2,1H3. The van der Waals surface area contributed by atoms with Crippen LogP contribution < -0.4 is 9.80 Å².